The number of aromatic nitrogens is 2. The molecule has 0 radical (unpaired) electrons. The van der Waals surface area contributed by atoms with Crippen molar-refractivity contribution < 1.29 is 5.11 Å². The summed E-state index contributed by atoms with van der Waals surface area (Å²) in [7, 11) is 0. The average Bonchev–Trinajstić information content (AvgIpc) is 3.04. The fraction of sp³-hybridized carbons (Fsp3) is 0.609. The number of hydrogen-bond acceptors (Lipinski definition) is 4. The van der Waals surface area contributed by atoms with E-state index in [9.17, 15) is 14.7 Å². The first-order chi connectivity index (χ1) is 14.0. The van der Waals surface area contributed by atoms with Crippen LogP contribution in [-0.4, -0.2) is 20.0 Å². The molecule has 2 aliphatic carbocycles. The number of hydrogen-bond donors (Lipinski definition) is 1. The van der Waals surface area contributed by atoms with Crippen molar-refractivity contribution in [3.8, 4) is 5.88 Å². The van der Waals surface area contributed by atoms with Gasteiger partial charge in [-0.15, -0.1) is 0 Å². The van der Waals surface area contributed by atoms with E-state index in [-0.39, 0.29) is 34.8 Å². The van der Waals surface area contributed by atoms with Crippen LogP contribution in [0.25, 0.3) is 6.08 Å². The molecule has 0 bridgehead atoms. The molecule has 2 fully saturated rings. The summed E-state index contributed by atoms with van der Waals surface area (Å²) in [6.07, 6.45) is 13.5. The third-order valence-electron chi connectivity index (χ3n) is 6.62. The first-order valence-corrected chi connectivity index (χ1v) is 11.0. The van der Waals surface area contributed by atoms with Gasteiger partial charge in [-0.1, -0.05) is 38.5 Å². The molecule has 0 aromatic carbocycles. The topological polar surface area (TPSA) is 76.6 Å². The van der Waals surface area contributed by atoms with E-state index in [2.05, 4.69) is 4.99 Å². The van der Waals surface area contributed by atoms with Crippen molar-refractivity contribution >= 4 is 11.8 Å². The van der Waals surface area contributed by atoms with E-state index in [1.165, 1.54) is 9.13 Å². The summed E-state index contributed by atoms with van der Waals surface area (Å²) in [6.45, 7) is 3.85. The second kappa shape index (κ2) is 8.17. The van der Waals surface area contributed by atoms with Crippen LogP contribution in [0.15, 0.2) is 31.9 Å². The molecule has 6 heteroatoms. The SMILES string of the molecule is CC1=CC(C)=NC1=Cc1c(O)n(C2CCCCC2)c(=O)n(C2CCCCC2)c1=O. The van der Waals surface area contributed by atoms with Crippen LogP contribution in [0, 0.1) is 0 Å². The lowest BCUT2D eigenvalue weighted by atomic mass is 9.94. The average molecular weight is 398 g/mol. The fourth-order valence-corrected chi connectivity index (χ4v) is 5.09. The highest BCUT2D eigenvalue weighted by molar-refractivity contribution is 5.98. The van der Waals surface area contributed by atoms with Gasteiger partial charge in [0.2, 0.25) is 5.88 Å². The molecule has 6 nitrogen and oxygen atoms in total. The number of nitrogens with zero attached hydrogens (tertiary/aromatic N) is 3. The highest BCUT2D eigenvalue weighted by Gasteiger charge is 2.28. The Balaban J connectivity index is 1.92. The molecule has 0 atom stereocenters. The number of allylic oxidation sites excluding steroid dienone is 2. The van der Waals surface area contributed by atoms with E-state index in [4.69, 9.17) is 0 Å². The molecule has 1 aliphatic heterocycles. The standard InChI is InChI=1S/C23H31N3O3/c1-15-13-16(2)24-20(15)14-19-21(27)25(17-9-5-3-6-10-17)23(29)26(22(19)28)18-11-7-4-8-12-18/h13-14,17-18,27H,3-12H2,1-2H3. The largest absolute Gasteiger partial charge is 0.494 e. The van der Waals surface area contributed by atoms with Crippen molar-refractivity contribution in [3.63, 3.8) is 0 Å². The molecular weight excluding hydrogens is 366 g/mol. The molecule has 1 aromatic heterocycles. The number of aliphatic imine (C=N–C) groups is 1. The van der Waals surface area contributed by atoms with Gasteiger partial charge in [0.15, 0.2) is 0 Å². The van der Waals surface area contributed by atoms with Gasteiger partial charge >= 0.3 is 5.69 Å². The lowest BCUT2D eigenvalue weighted by Crippen LogP contribution is -2.45. The third kappa shape index (κ3) is 3.77. The van der Waals surface area contributed by atoms with Gasteiger partial charge < -0.3 is 5.11 Å². The highest BCUT2D eigenvalue weighted by atomic mass is 16.3. The van der Waals surface area contributed by atoms with Crippen molar-refractivity contribution in [2.24, 2.45) is 4.99 Å². The van der Waals surface area contributed by atoms with Gasteiger partial charge in [0.25, 0.3) is 5.56 Å². The van der Waals surface area contributed by atoms with Crippen LogP contribution in [0.2, 0.25) is 0 Å². The summed E-state index contributed by atoms with van der Waals surface area (Å²) in [5, 5.41) is 11.1. The maximum absolute atomic E-state index is 13.4. The minimum Gasteiger partial charge on any atom is -0.494 e. The smallest absolute Gasteiger partial charge is 0.334 e. The maximum atomic E-state index is 13.4. The van der Waals surface area contributed by atoms with Crippen molar-refractivity contribution in [2.45, 2.75) is 90.1 Å². The molecule has 2 saturated carbocycles. The van der Waals surface area contributed by atoms with E-state index >= 15 is 0 Å². The van der Waals surface area contributed by atoms with Crippen LogP contribution in [0.3, 0.4) is 0 Å². The molecule has 0 spiro atoms. The van der Waals surface area contributed by atoms with Crippen LogP contribution in [-0.2, 0) is 0 Å². The van der Waals surface area contributed by atoms with E-state index in [1.807, 2.05) is 19.9 Å². The molecule has 4 rings (SSSR count). The van der Waals surface area contributed by atoms with Gasteiger partial charge in [0.1, 0.15) is 5.56 Å². The first-order valence-electron chi connectivity index (χ1n) is 11.0. The first kappa shape index (κ1) is 19.9. The normalized spacial score (nSPS) is 22.8. The van der Waals surface area contributed by atoms with Crippen LogP contribution in [0.5, 0.6) is 5.88 Å². The summed E-state index contributed by atoms with van der Waals surface area (Å²) < 4.78 is 2.94. The molecule has 2 heterocycles. The molecule has 156 valence electrons. The fourth-order valence-electron chi connectivity index (χ4n) is 5.09. The van der Waals surface area contributed by atoms with Gasteiger partial charge in [-0.25, -0.2) is 4.79 Å². The van der Waals surface area contributed by atoms with Gasteiger partial charge in [0.05, 0.1) is 5.70 Å². The lowest BCUT2D eigenvalue weighted by molar-refractivity contribution is 0.271. The monoisotopic (exact) mass is 397 g/mol. The van der Waals surface area contributed by atoms with E-state index in [1.54, 1.807) is 6.08 Å². The zero-order valence-electron chi connectivity index (χ0n) is 17.5. The summed E-state index contributed by atoms with van der Waals surface area (Å²) in [4.78, 5) is 31.3. The van der Waals surface area contributed by atoms with Crippen LogP contribution >= 0.6 is 0 Å². The van der Waals surface area contributed by atoms with Crippen LogP contribution in [0.1, 0.15) is 95.7 Å². The highest BCUT2D eigenvalue weighted by Crippen LogP contribution is 2.33. The minimum absolute atomic E-state index is 0.0469. The van der Waals surface area contributed by atoms with Crippen molar-refractivity contribution in [3.05, 3.63) is 43.7 Å². The molecule has 1 aromatic rings. The second-order valence-electron chi connectivity index (χ2n) is 8.76. The molecule has 3 aliphatic rings. The van der Waals surface area contributed by atoms with E-state index < -0.39 is 0 Å². The minimum atomic E-state index is -0.383. The van der Waals surface area contributed by atoms with Crippen LogP contribution in [0.4, 0.5) is 0 Å². The molecular formula is C23H31N3O3. The Labute approximate surface area is 171 Å². The van der Waals surface area contributed by atoms with Gasteiger partial charge in [-0.3, -0.25) is 18.9 Å². The molecule has 29 heavy (non-hydrogen) atoms. The molecule has 0 amide bonds. The second-order valence-corrected chi connectivity index (χ2v) is 8.76. The van der Waals surface area contributed by atoms with Gasteiger partial charge in [-0.05, 0) is 57.3 Å². The van der Waals surface area contributed by atoms with E-state index in [0.717, 1.165) is 75.5 Å². The quantitative estimate of drug-likeness (QED) is 0.816. The Hall–Kier alpha value is -2.37. The zero-order chi connectivity index (χ0) is 20.5. The predicted octanol–water partition coefficient (Wildman–Crippen LogP) is 4.49. The molecule has 0 unspecified atom stereocenters. The van der Waals surface area contributed by atoms with Gasteiger partial charge in [0, 0.05) is 17.8 Å². The Morgan fingerprint density at radius 2 is 1.48 bits per heavy atom. The zero-order valence-corrected chi connectivity index (χ0v) is 17.5. The summed E-state index contributed by atoms with van der Waals surface area (Å²) in [6, 6.07) is -0.129. The number of rotatable bonds is 3. The maximum Gasteiger partial charge on any atom is 0.334 e. The Morgan fingerprint density at radius 3 is 2.00 bits per heavy atom. The van der Waals surface area contributed by atoms with Crippen LogP contribution < -0.4 is 11.2 Å². The Morgan fingerprint density at radius 1 is 0.931 bits per heavy atom. The van der Waals surface area contributed by atoms with Gasteiger partial charge in [-0.2, -0.15) is 0 Å². The Kier molecular flexibility index (Phi) is 5.61. The molecule has 0 saturated heterocycles. The Bertz CT molecular complexity index is 997. The predicted molar refractivity (Wildman–Crippen MR) is 116 cm³/mol. The van der Waals surface area contributed by atoms with Crippen molar-refractivity contribution in [2.75, 3.05) is 0 Å². The lowest BCUT2D eigenvalue weighted by Gasteiger charge is -2.29. The summed E-state index contributed by atoms with van der Waals surface area (Å²) >= 11 is 0. The number of aromatic hydroxyl groups is 1. The van der Waals surface area contributed by atoms with Crippen molar-refractivity contribution in [1.82, 2.24) is 9.13 Å². The third-order valence-corrected chi connectivity index (χ3v) is 6.62. The molecule has 1 N–H and O–H groups in total. The summed E-state index contributed by atoms with van der Waals surface area (Å²) in [5.41, 5.74) is 1.99. The summed E-state index contributed by atoms with van der Waals surface area (Å²) in [5.74, 6) is -0.195. The van der Waals surface area contributed by atoms with E-state index in [0.29, 0.717) is 5.70 Å². The van der Waals surface area contributed by atoms with Crippen molar-refractivity contribution in [1.29, 1.82) is 0 Å².